The van der Waals surface area contributed by atoms with E-state index in [1.54, 1.807) is 0 Å². The van der Waals surface area contributed by atoms with Gasteiger partial charge in [-0.15, -0.1) is 0 Å². The zero-order valence-electron chi connectivity index (χ0n) is 17.3. The van der Waals surface area contributed by atoms with Gasteiger partial charge in [0.25, 0.3) is 0 Å². The molecule has 1 N–H and O–H groups in total. The van der Waals surface area contributed by atoms with Crippen molar-refractivity contribution in [3.63, 3.8) is 0 Å². The number of aliphatic hydroxyl groups is 1. The van der Waals surface area contributed by atoms with E-state index in [0.717, 1.165) is 22.5 Å². The number of nitrogens with zero attached hydrogens (tertiary/aromatic N) is 2. The molecule has 2 aromatic rings. The molecule has 0 bridgehead atoms. The van der Waals surface area contributed by atoms with Crippen LogP contribution in [0.3, 0.4) is 0 Å². The van der Waals surface area contributed by atoms with Gasteiger partial charge in [-0.3, -0.25) is 0 Å². The van der Waals surface area contributed by atoms with E-state index in [0.29, 0.717) is 0 Å². The van der Waals surface area contributed by atoms with E-state index in [1.807, 2.05) is 77.6 Å². The Bertz CT molecular complexity index is 776. The average molecular weight is 365 g/mol. The number of rotatable bonds is 7. The summed E-state index contributed by atoms with van der Waals surface area (Å²) in [6.07, 6.45) is 6.23. The topological polar surface area (TPSA) is 26.7 Å². The molecule has 2 rings (SSSR count). The summed E-state index contributed by atoms with van der Waals surface area (Å²) in [7, 11) is 8.08. The van der Waals surface area contributed by atoms with Crippen molar-refractivity contribution in [1.82, 2.24) is 4.90 Å². The highest BCUT2D eigenvalue weighted by Crippen LogP contribution is 2.38. The van der Waals surface area contributed by atoms with Crippen molar-refractivity contribution in [2.24, 2.45) is 5.92 Å². The van der Waals surface area contributed by atoms with Crippen LogP contribution >= 0.6 is 0 Å². The second-order valence-electron chi connectivity index (χ2n) is 7.33. The first-order chi connectivity index (χ1) is 12.8. The summed E-state index contributed by atoms with van der Waals surface area (Å²) in [4.78, 5) is 4.13. The van der Waals surface area contributed by atoms with Crippen molar-refractivity contribution in [2.75, 3.05) is 33.1 Å². The fourth-order valence-electron chi connectivity index (χ4n) is 3.28. The minimum absolute atomic E-state index is 0.111. The Balaban J connectivity index is 2.49. The number of benzene rings is 2. The maximum absolute atomic E-state index is 11.9. The van der Waals surface area contributed by atoms with E-state index >= 15 is 0 Å². The van der Waals surface area contributed by atoms with Gasteiger partial charge in [-0.1, -0.05) is 61.5 Å². The van der Waals surface area contributed by atoms with Crippen LogP contribution in [-0.4, -0.2) is 38.2 Å². The lowest BCUT2D eigenvalue weighted by atomic mass is 9.76. The number of hydrogen-bond acceptors (Lipinski definition) is 3. The lowest BCUT2D eigenvalue weighted by Gasteiger charge is -2.34. The molecule has 0 aliphatic heterocycles. The van der Waals surface area contributed by atoms with Crippen LogP contribution < -0.4 is 4.90 Å². The standard InChI is InChI=1S/C24H32N2O/c1-7-22(25(3)4)16-13-19(2)24(27,20-11-9-8-10-12-20)21-14-17-23(18-15-21)26(5)6/h7-19,27H,1-6H3/b16-13-,22-7+. The fraction of sp³-hybridized carbons (Fsp3) is 0.333. The third kappa shape index (κ3) is 4.61. The predicted octanol–water partition coefficient (Wildman–Crippen LogP) is 4.65. The second kappa shape index (κ2) is 8.92. The first-order valence-electron chi connectivity index (χ1n) is 9.38. The molecule has 0 radical (unpaired) electrons. The van der Waals surface area contributed by atoms with E-state index in [-0.39, 0.29) is 5.92 Å². The molecule has 2 atom stereocenters. The smallest absolute Gasteiger partial charge is 0.121 e. The minimum Gasteiger partial charge on any atom is -0.380 e. The summed E-state index contributed by atoms with van der Waals surface area (Å²) in [5.74, 6) is -0.111. The molecule has 2 unspecified atom stereocenters. The zero-order valence-corrected chi connectivity index (χ0v) is 17.3. The molecule has 3 heteroatoms. The van der Waals surface area contributed by atoms with Crippen molar-refractivity contribution in [1.29, 1.82) is 0 Å². The van der Waals surface area contributed by atoms with Gasteiger partial charge in [0, 0.05) is 45.5 Å². The molecular formula is C24H32N2O. The molecule has 0 fully saturated rings. The third-order valence-corrected chi connectivity index (χ3v) is 5.06. The monoisotopic (exact) mass is 364 g/mol. The summed E-state index contributed by atoms with van der Waals surface area (Å²) < 4.78 is 0. The van der Waals surface area contributed by atoms with Gasteiger partial charge in [-0.25, -0.2) is 0 Å². The third-order valence-electron chi connectivity index (χ3n) is 5.06. The maximum Gasteiger partial charge on any atom is 0.121 e. The van der Waals surface area contributed by atoms with Crippen LogP contribution in [0.4, 0.5) is 5.69 Å². The summed E-state index contributed by atoms with van der Waals surface area (Å²) in [5, 5.41) is 11.9. The van der Waals surface area contributed by atoms with Crippen LogP contribution in [0.15, 0.2) is 78.5 Å². The number of hydrogen-bond donors (Lipinski definition) is 1. The summed E-state index contributed by atoms with van der Waals surface area (Å²) in [5.41, 5.74) is 2.91. The van der Waals surface area contributed by atoms with Crippen molar-refractivity contribution in [2.45, 2.75) is 19.4 Å². The Morgan fingerprint density at radius 2 is 1.48 bits per heavy atom. The molecule has 0 amide bonds. The first kappa shape index (κ1) is 20.8. The molecular weight excluding hydrogens is 332 g/mol. The highest BCUT2D eigenvalue weighted by molar-refractivity contribution is 5.49. The lowest BCUT2D eigenvalue weighted by Crippen LogP contribution is -2.34. The Kier molecular flexibility index (Phi) is 6.86. The maximum atomic E-state index is 11.9. The van der Waals surface area contributed by atoms with Crippen molar-refractivity contribution in [3.8, 4) is 0 Å². The van der Waals surface area contributed by atoms with Crippen molar-refractivity contribution >= 4 is 5.69 Å². The van der Waals surface area contributed by atoms with Crippen LogP contribution in [0.25, 0.3) is 0 Å². The molecule has 0 aromatic heterocycles. The lowest BCUT2D eigenvalue weighted by molar-refractivity contribution is 0.0434. The van der Waals surface area contributed by atoms with Crippen molar-refractivity contribution < 1.29 is 5.11 Å². The van der Waals surface area contributed by atoms with Crippen LogP contribution in [0.2, 0.25) is 0 Å². The quantitative estimate of drug-likeness (QED) is 0.725. The Labute approximate surface area is 164 Å². The van der Waals surface area contributed by atoms with E-state index in [9.17, 15) is 5.11 Å². The van der Waals surface area contributed by atoms with Gasteiger partial charge in [-0.05, 0) is 36.3 Å². The zero-order chi connectivity index (χ0) is 20.0. The molecule has 144 valence electrons. The summed E-state index contributed by atoms with van der Waals surface area (Å²) in [6, 6.07) is 18.1. The molecule has 0 aliphatic carbocycles. The fourth-order valence-corrected chi connectivity index (χ4v) is 3.28. The minimum atomic E-state index is -1.10. The van der Waals surface area contributed by atoms with Gasteiger partial charge in [-0.2, -0.15) is 0 Å². The molecule has 0 saturated heterocycles. The van der Waals surface area contributed by atoms with Crippen molar-refractivity contribution in [3.05, 3.63) is 89.6 Å². The largest absolute Gasteiger partial charge is 0.380 e. The van der Waals surface area contributed by atoms with Gasteiger partial charge in [0.05, 0.1) is 0 Å². The highest BCUT2D eigenvalue weighted by Gasteiger charge is 2.36. The first-order valence-corrected chi connectivity index (χ1v) is 9.38. The highest BCUT2D eigenvalue weighted by atomic mass is 16.3. The summed E-state index contributed by atoms with van der Waals surface area (Å²) >= 11 is 0. The van der Waals surface area contributed by atoms with Gasteiger partial charge >= 0.3 is 0 Å². The van der Waals surface area contributed by atoms with Crippen LogP contribution in [-0.2, 0) is 5.60 Å². The van der Waals surface area contributed by atoms with Crippen LogP contribution in [0.5, 0.6) is 0 Å². The van der Waals surface area contributed by atoms with E-state index in [1.165, 1.54) is 0 Å². The van der Waals surface area contributed by atoms with Crippen LogP contribution in [0, 0.1) is 5.92 Å². The number of anilines is 1. The molecule has 0 saturated carbocycles. The number of likely N-dealkylation sites (N-methyl/N-ethyl adjacent to an activating group) is 1. The van der Waals surface area contributed by atoms with E-state index < -0.39 is 5.60 Å². The van der Waals surface area contributed by atoms with Gasteiger partial charge < -0.3 is 14.9 Å². The Morgan fingerprint density at radius 1 is 0.926 bits per heavy atom. The summed E-state index contributed by atoms with van der Waals surface area (Å²) in [6.45, 7) is 4.08. The van der Waals surface area contributed by atoms with Gasteiger partial charge in [0.15, 0.2) is 0 Å². The van der Waals surface area contributed by atoms with Gasteiger partial charge in [0.2, 0.25) is 0 Å². The Morgan fingerprint density at radius 3 is 1.96 bits per heavy atom. The molecule has 3 nitrogen and oxygen atoms in total. The van der Waals surface area contributed by atoms with Crippen LogP contribution in [0.1, 0.15) is 25.0 Å². The molecule has 0 aliphatic rings. The second-order valence-corrected chi connectivity index (χ2v) is 7.33. The van der Waals surface area contributed by atoms with Gasteiger partial charge in [0.1, 0.15) is 5.60 Å². The predicted molar refractivity (Wildman–Crippen MR) is 116 cm³/mol. The normalized spacial score (nSPS) is 15.4. The van der Waals surface area contributed by atoms with E-state index in [4.69, 9.17) is 0 Å². The molecule has 0 spiro atoms. The average Bonchev–Trinajstić information content (AvgIpc) is 2.68. The molecule has 27 heavy (non-hydrogen) atoms. The Hall–Kier alpha value is -2.52. The SMILES string of the molecule is C/C=C(\C=C/C(C)C(O)(c1ccccc1)c1ccc(N(C)C)cc1)N(C)C. The van der Waals surface area contributed by atoms with E-state index in [2.05, 4.69) is 47.1 Å². The molecule has 2 aromatic carbocycles. The molecule has 0 heterocycles. The number of allylic oxidation sites excluding steroid dienone is 2.